The van der Waals surface area contributed by atoms with Crippen molar-refractivity contribution in [2.24, 2.45) is 0 Å². The third-order valence-corrected chi connectivity index (χ3v) is 3.02. The fourth-order valence-electron chi connectivity index (χ4n) is 2.12. The number of nitrogens with zero attached hydrogens (tertiary/aromatic N) is 3. The molecule has 1 aromatic rings. The van der Waals surface area contributed by atoms with Crippen molar-refractivity contribution in [3.05, 3.63) is 18.7 Å². The Labute approximate surface area is 99.6 Å². The maximum atomic E-state index is 12.2. The highest BCUT2D eigenvalue weighted by molar-refractivity contribution is 5.87. The molecule has 1 atom stereocenters. The summed E-state index contributed by atoms with van der Waals surface area (Å²) in [6.07, 6.45) is 7.24. The molecule has 0 radical (unpaired) electrons. The van der Waals surface area contributed by atoms with Crippen LogP contribution in [0.25, 0.3) is 0 Å². The lowest BCUT2D eigenvalue weighted by Crippen LogP contribution is -2.52. The van der Waals surface area contributed by atoms with Gasteiger partial charge in [0.2, 0.25) is 5.91 Å². The normalized spacial score (nSPS) is 20.1. The molecule has 2 heterocycles. The van der Waals surface area contributed by atoms with Crippen LogP contribution in [-0.4, -0.2) is 46.0 Å². The minimum atomic E-state index is -0.358. The van der Waals surface area contributed by atoms with E-state index >= 15 is 0 Å². The number of imidazole rings is 1. The topological polar surface area (TPSA) is 67.2 Å². The molecule has 1 unspecified atom stereocenters. The number of likely N-dealkylation sites (N-methyl/N-ethyl adjacent to an activating group) is 1. The number of hydrogen-bond acceptors (Lipinski definition) is 3. The van der Waals surface area contributed by atoms with Gasteiger partial charge in [0.05, 0.1) is 0 Å². The highest BCUT2D eigenvalue weighted by atomic mass is 16.2. The van der Waals surface area contributed by atoms with Gasteiger partial charge in [0, 0.05) is 26.0 Å². The van der Waals surface area contributed by atoms with Gasteiger partial charge in [-0.1, -0.05) is 0 Å². The third kappa shape index (κ3) is 2.30. The average molecular weight is 236 g/mol. The van der Waals surface area contributed by atoms with Gasteiger partial charge in [-0.05, 0) is 19.3 Å². The van der Waals surface area contributed by atoms with Crippen molar-refractivity contribution in [3.63, 3.8) is 0 Å². The lowest BCUT2D eigenvalue weighted by atomic mass is 10.0. The first kappa shape index (κ1) is 11.6. The second-order valence-electron chi connectivity index (χ2n) is 4.07. The van der Waals surface area contributed by atoms with Crippen molar-refractivity contribution in [2.45, 2.75) is 25.3 Å². The zero-order valence-electron chi connectivity index (χ0n) is 9.80. The first-order valence-electron chi connectivity index (χ1n) is 5.74. The van der Waals surface area contributed by atoms with Crippen LogP contribution >= 0.6 is 0 Å². The standard InChI is InChI=1S/C11H16N4O2/c1-12-10(16)9-4-2-3-6-15(9)11(17)14-7-5-13-8-14/h5,7-9H,2-4,6H2,1H3,(H,12,16). The van der Waals surface area contributed by atoms with Gasteiger partial charge in [-0.15, -0.1) is 0 Å². The summed E-state index contributed by atoms with van der Waals surface area (Å²) in [7, 11) is 1.59. The largest absolute Gasteiger partial charge is 0.357 e. The molecule has 1 aromatic heterocycles. The van der Waals surface area contributed by atoms with E-state index in [0.717, 1.165) is 19.3 Å². The predicted octanol–water partition coefficient (Wildman–Crippen LogP) is 0.452. The smallest absolute Gasteiger partial charge is 0.330 e. The minimum Gasteiger partial charge on any atom is -0.357 e. The van der Waals surface area contributed by atoms with E-state index < -0.39 is 0 Å². The summed E-state index contributed by atoms with van der Waals surface area (Å²) >= 11 is 0. The second kappa shape index (κ2) is 4.99. The fraction of sp³-hybridized carbons (Fsp3) is 0.545. The fourth-order valence-corrected chi connectivity index (χ4v) is 2.12. The lowest BCUT2D eigenvalue weighted by molar-refractivity contribution is -0.125. The maximum Gasteiger partial charge on any atom is 0.330 e. The Morgan fingerprint density at radius 2 is 2.24 bits per heavy atom. The van der Waals surface area contributed by atoms with Crippen molar-refractivity contribution in [1.82, 2.24) is 19.8 Å². The summed E-state index contributed by atoms with van der Waals surface area (Å²) in [6.45, 7) is 0.620. The number of amides is 2. The minimum absolute atomic E-state index is 0.0989. The Hall–Kier alpha value is -1.85. The molecule has 2 rings (SSSR count). The molecule has 1 aliphatic rings. The quantitative estimate of drug-likeness (QED) is 0.770. The van der Waals surface area contributed by atoms with Crippen molar-refractivity contribution in [2.75, 3.05) is 13.6 Å². The van der Waals surface area contributed by atoms with Crippen molar-refractivity contribution < 1.29 is 9.59 Å². The molecule has 0 spiro atoms. The molecule has 0 aliphatic carbocycles. The number of nitrogens with one attached hydrogen (secondary N) is 1. The number of piperidine rings is 1. The van der Waals surface area contributed by atoms with E-state index in [-0.39, 0.29) is 18.0 Å². The zero-order valence-corrected chi connectivity index (χ0v) is 9.80. The highest BCUT2D eigenvalue weighted by Gasteiger charge is 2.31. The van der Waals surface area contributed by atoms with Crippen LogP contribution in [0.1, 0.15) is 19.3 Å². The monoisotopic (exact) mass is 236 g/mol. The molecular formula is C11H16N4O2. The number of rotatable bonds is 1. The van der Waals surface area contributed by atoms with Crippen LogP contribution in [0.4, 0.5) is 4.79 Å². The number of hydrogen-bond donors (Lipinski definition) is 1. The number of carbonyl (C=O) groups is 2. The van der Waals surface area contributed by atoms with Gasteiger partial charge >= 0.3 is 6.03 Å². The molecule has 17 heavy (non-hydrogen) atoms. The number of aromatic nitrogens is 2. The molecule has 1 N–H and O–H groups in total. The van der Waals surface area contributed by atoms with E-state index in [1.165, 1.54) is 10.9 Å². The van der Waals surface area contributed by atoms with E-state index in [1.54, 1.807) is 24.3 Å². The summed E-state index contributed by atoms with van der Waals surface area (Å²) in [5, 5.41) is 2.61. The Morgan fingerprint density at radius 1 is 1.41 bits per heavy atom. The third-order valence-electron chi connectivity index (χ3n) is 3.02. The van der Waals surface area contributed by atoms with Crippen LogP contribution in [0.2, 0.25) is 0 Å². The molecule has 6 nitrogen and oxygen atoms in total. The van der Waals surface area contributed by atoms with Gasteiger partial charge < -0.3 is 10.2 Å². The average Bonchev–Trinajstić information content (AvgIpc) is 2.91. The van der Waals surface area contributed by atoms with Gasteiger partial charge in [-0.3, -0.25) is 9.36 Å². The van der Waals surface area contributed by atoms with Crippen molar-refractivity contribution >= 4 is 11.9 Å². The SMILES string of the molecule is CNC(=O)C1CCCCN1C(=O)n1ccnc1. The molecule has 2 amide bonds. The molecule has 92 valence electrons. The molecule has 0 saturated carbocycles. The molecule has 1 saturated heterocycles. The number of likely N-dealkylation sites (tertiary alicyclic amines) is 1. The lowest BCUT2D eigenvalue weighted by Gasteiger charge is -2.34. The van der Waals surface area contributed by atoms with Gasteiger partial charge in [0.1, 0.15) is 12.4 Å². The van der Waals surface area contributed by atoms with E-state index in [9.17, 15) is 9.59 Å². The van der Waals surface area contributed by atoms with Crippen LogP contribution in [-0.2, 0) is 4.79 Å². The molecule has 1 fully saturated rings. The summed E-state index contributed by atoms with van der Waals surface area (Å²) in [6, 6.07) is -0.542. The van der Waals surface area contributed by atoms with Crippen LogP contribution in [0.5, 0.6) is 0 Å². The maximum absolute atomic E-state index is 12.2. The molecule has 6 heteroatoms. The summed E-state index contributed by atoms with van der Waals surface area (Å²) < 4.78 is 1.40. The van der Waals surface area contributed by atoms with E-state index in [1.807, 2.05) is 0 Å². The van der Waals surface area contributed by atoms with Gasteiger partial charge in [-0.25, -0.2) is 9.78 Å². The Morgan fingerprint density at radius 3 is 2.88 bits per heavy atom. The first-order valence-corrected chi connectivity index (χ1v) is 5.74. The molecule has 0 aromatic carbocycles. The highest BCUT2D eigenvalue weighted by Crippen LogP contribution is 2.18. The van der Waals surface area contributed by atoms with Crippen LogP contribution < -0.4 is 5.32 Å². The molecule has 1 aliphatic heterocycles. The van der Waals surface area contributed by atoms with Gasteiger partial charge in [0.25, 0.3) is 0 Å². The molecule has 0 bridgehead atoms. The van der Waals surface area contributed by atoms with Crippen LogP contribution in [0.3, 0.4) is 0 Å². The van der Waals surface area contributed by atoms with Crippen molar-refractivity contribution in [3.8, 4) is 0 Å². The van der Waals surface area contributed by atoms with E-state index in [4.69, 9.17) is 0 Å². The predicted molar refractivity (Wildman–Crippen MR) is 61.4 cm³/mol. The van der Waals surface area contributed by atoms with E-state index in [2.05, 4.69) is 10.3 Å². The summed E-state index contributed by atoms with van der Waals surface area (Å²) in [5.74, 6) is -0.0989. The summed E-state index contributed by atoms with van der Waals surface area (Å²) in [4.78, 5) is 29.3. The second-order valence-corrected chi connectivity index (χ2v) is 4.07. The first-order chi connectivity index (χ1) is 8.24. The van der Waals surface area contributed by atoms with Gasteiger partial charge in [-0.2, -0.15) is 0 Å². The Kier molecular flexibility index (Phi) is 3.41. The number of carbonyl (C=O) groups excluding carboxylic acids is 2. The Balaban J connectivity index is 2.16. The Bertz CT molecular complexity index is 402. The van der Waals surface area contributed by atoms with Crippen molar-refractivity contribution in [1.29, 1.82) is 0 Å². The van der Waals surface area contributed by atoms with Gasteiger partial charge in [0.15, 0.2) is 0 Å². The summed E-state index contributed by atoms with van der Waals surface area (Å²) in [5.41, 5.74) is 0. The zero-order chi connectivity index (χ0) is 12.3. The van der Waals surface area contributed by atoms with Crippen LogP contribution in [0.15, 0.2) is 18.7 Å². The van der Waals surface area contributed by atoms with E-state index in [0.29, 0.717) is 6.54 Å². The van der Waals surface area contributed by atoms with Crippen LogP contribution in [0, 0.1) is 0 Å². The molecular weight excluding hydrogens is 220 g/mol.